The van der Waals surface area contributed by atoms with Crippen LogP contribution in [0, 0.1) is 6.92 Å². The van der Waals surface area contributed by atoms with Crippen molar-refractivity contribution in [3.8, 4) is 0 Å². The zero-order valence-corrected chi connectivity index (χ0v) is 11.0. The third kappa shape index (κ3) is 2.24. The molecule has 0 radical (unpaired) electrons. The predicted octanol–water partition coefficient (Wildman–Crippen LogP) is 1.46. The molecule has 3 aromatic rings. The molecule has 3 rings (SSSR count). The zero-order chi connectivity index (χ0) is 13.2. The number of fused-ring (bicyclic) bond motifs is 1. The fraction of sp³-hybridized carbons (Fsp3) is 0.273. The molecule has 0 amide bonds. The maximum atomic E-state index is 6.08. The summed E-state index contributed by atoms with van der Waals surface area (Å²) in [5.74, 6) is 2.22. The number of halogens is 1. The highest BCUT2D eigenvalue weighted by Crippen LogP contribution is 2.21. The highest BCUT2D eigenvalue weighted by molar-refractivity contribution is 6.30. The zero-order valence-electron chi connectivity index (χ0n) is 10.3. The number of anilines is 1. The monoisotopic (exact) mass is 277 g/mol. The number of aromatic nitrogens is 6. The number of H-pyrrole nitrogens is 1. The Morgan fingerprint density at radius 2 is 2.32 bits per heavy atom. The van der Waals surface area contributed by atoms with Crippen molar-refractivity contribution in [2.75, 3.05) is 11.9 Å². The number of aromatic amines is 1. The maximum absolute atomic E-state index is 6.08. The molecule has 8 heteroatoms. The molecule has 7 nitrogen and oxygen atoms in total. The molecule has 0 aliphatic carbocycles. The first-order valence-corrected chi connectivity index (χ1v) is 6.21. The lowest BCUT2D eigenvalue weighted by atomic mass is 10.3. The minimum Gasteiger partial charge on any atom is -0.369 e. The Bertz CT molecular complexity index is 688. The third-order valence-electron chi connectivity index (χ3n) is 2.81. The second-order valence-corrected chi connectivity index (χ2v) is 4.42. The number of hydrogen-bond acceptors (Lipinski definition) is 5. The number of nitrogens with zero attached hydrogens (tertiary/aromatic N) is 5. The first kappa shape index (κ1) is 11.9. The van der Waals surface area contributed by atoms with E-state index in [1.807, 2.05) is 6.92 Å². The van der Waals surface area contributed by atoms with Gasteiger partial charge in [0.25, 0.3) is 5.78 Å². The summed E-state index contributed by atoms with van der Waals surface area (Å²) in [6.45, 7) is 2.61. The van der Waals surface area contributed by atoms with E-state index >= 15 is 0 Å². The lowest BCUT2D eigenvalue weighted by molar-refractivity contribution is 0.880. The number of rotatable bonds is 4. The molecule has 0 aliphatic heterocycles. The molecular weight excluding hydrogens is 266 g/mol. The largest absolute Gasteiger partial charge is 0.369 e. The molecule has 0 aliphatic rings. The molecule has 0 atom stereocenters. The molecular formula is C11H12ClN7. The lowest BCUT2D eigenvalue weighted by Crippen LogP contribution is -2.12. The van der Waals surface area contributed by atoms with E-state index in [4.69, 9.17) is 11.6 Å². The van der Waals surface area contributed by atoms with Crippen molar-refractivity contribution in [2.24, 2.45) is 0 Å². The fourth-order valence-corrected chi connectivity index (χ4v) is 2.00. The first-order chi connectivity index (χ1) is 9.25. The van der Waals surface area contributed by atoms with Crippen LogP contribution in [0.15, 0.2) is 18.7 Å². The summed E-state index contributed by atoms with van der Waals surface area (Å²) in [4.78, 5) is 15.4. The van der Waals surface area contributed by atoms with E-state index in [0.717, 1.165) is 23.6 Å². The van der Waals surface area contributed by atoms with Crippen molar-refractivity contribution in [2.45, 2.75) is 13.3 Å². The van der Waals surface area contributed by atoms with Crippen molar-refractivity contribution in [3.63, 3.8) is 0 Å². The van der Waals surface area contributed by atoms with Gasteiger partial charge < -0.3 is 10.3 Å². The SMILES string of the molecule is Cc1c(Cl)nc2ncnn2c1NCCc1ncc[nH]1. The van der Waals surface area contributed by atoms with Crippen LogP contribution in [0.2, 0.25) is 5.15 Å². The van der Waals surface area contributed by atoms with Gasteiger partial charge in [0.1, 0.15) is 23.1 Å². The standard InChI is InChI=1S/C11H12ClN7/c1-7-9(12)18-11-16-6-17-19(11)10(7)15-3-2-8-13-4-5-14-8/h4-6,15H,2-3H2,1H3,(H,13,14). The molecule has 0 saturated heterocycles. The minimum absolute atomic E-state index is 0.431. The van der Waals surface area contributed by atoms with Gasteiger partial charge in [-0.05, 0) is 6.92 Å². The van der Waals surface area contributed by atoms with Gasteiger partial charge in [0.15, 0.2) is 0 Å². The summed E-state index contributed by atoms with van der Waals surface area (Å²) in [5, 5.41) is 7.86. The van der Waals surface area contributed by atoms with Crippen LogP contribution in [0.4, 0.5) is 5.82 Å². The Hall–Kier alpha value is -2.15. The molecule has 0 unspecified atom stereocenters. The van der Waals surface area contributed by atoms with Gasteiger partial charge in [-0.2, -0.15) is 19.6 Å². The summed E-state index contributed by atoms with van der Waals surface area (Å²) < 4.78 is 1.64. The summed E-state index contributed by atoms with van der Waals surface area (Å²) in [7, 11) is 0. The summed E-state index contributed by atoms with van der Waals surface area (Å²) in [5.41, 5.74) is 0.846. The average Bonchev–Trinajstić information content (AvgIpc) is 3.04. The van der Waals surface area contributed by atoms with E-state index in [2.05, 4.69) is 30.4 Å². The van der Waals surface area contributed by atoms with E-state index < -0.39 is 0 Å². The van der Waals surface area contributed by atoms with Crippen LogP contribution in [-0.4, -0.2) is 36.1 Å². The van der Waals surface area contributed by atoms with Gasteiger partial charge in [0, 0.05) is 30.9 Å². The van der Waals surface area contributed by atoms with Crippen LogP contribution in [-0.2, 0) is 6.42 Å². The first-order valence-electron chi connectivity index (χ1n) is 5.83. The molecule has 2 N–H and O–H groups in total. The van der Waals surface area contributed by atoms with Crippen molar-refractivity contribution >= 4 is 23.2 Å². The molecule has 0 spiro atoms. The van der Waals surface area contributed by atoms with Crippen LogP contribution >= 0.6 is 11.6 Å². The summed E-state index contributed by atoms with van der Waals surface area (Å²) in [6.07, 6.45) is 5.78. The van der Waals surface area contributed by atoms with Crippen LogP contribution < -0.4 is 5.32 Å². The van der Waals surface area contributed by atoms with E-state index in [0.29, 0.717) is 17.5 Å². The van der Waals surface area contributed by atoms with Crippen LogP contribution in [0.25, 0.3) is 5.78 Å². The molecule has 0 bridgehead atoms. The Morgan fingerprint density at radius 1 is 1.42 bits per heavy atom. The second kappa shape index (κ2) is 4.85. The Balaban J connectivity index is 1.83. The summed E-state index contributed by atoms with van der Waals surface area (Å²) in [6, 6.07) is 0. The van der Waals surface area contributed by atoms with Crippen LogP contribution in [0.5, 0.6) is 0 Å². The van der Waals surface area contributed by atoms with Crippen molar-refractivity contribution in [3.05, 3.63) is 35.3 Å². The molecule has 3 heterocycles. The smallest absolute Gasteiger partial charge is 0.255 e. The Kier molecular flexibility index (Phi) is 3.04. The van der Waals surface area contributed by atoms with Crippen molar-refractivity contribution < 1.29 is 0 Å². The van der Waals surface area contributed by atoms with Gasteiger partial charge in [-0.25, -0.2) is 4.98 Å². The number of imidazole rings is 1. The quantitative estimate of drug-likeness (QED) is 0.706. The van der Waals surface area contributed by atoms with E-state index in [-0.39, 0.29) is 0 Å². The van der Waals surface area contributed by atoms with Crippen molar-refractivity contribution in [1.29, 1.82) is 0 Å². The average molecular weight is 278 g/mol. The fourth-order valence-electron chi connectivity index (χ4n) is 1.84. The molecule has 3 aromatic heterocycles. The normalized spacial score (nSPS) is 11.1. The Morgan fingerprint density at radius 3 is 3.11 bits per heavy atom. The highest BCUT2D eigenvalue weighted by Gasteiger charge is 2.11. The number of hydrogen-bond donors (Lipinski definition) is 2. The third-order valence-corrected chi connectivity index (χ3v) is 3.18. The van der Waals surface area contributed by atoms with Crippen LogP contribution in [0.3, 0.4) is 0 Å². The molecule has 98 valence electrons. The highest BCUT2D eigenvalue weighted by atomic mass is 35.5. The van der Waals surface area contributed by atoms with E-state index in [1.54, 1.807) is 16.9 Å². The van der Waals surface area contributed by atoms with Crippen molar-refractivity contribution in [1.82, 2.24) is 29.5 Å². The second-order valence-electron chi connectivity index (χ2n) is 4.06. The minimum atomic E-state index is 0.431. The van der Waals surface area contributed by atoms with Gasteiger partial charge >= 0.3 is 0 Å². The molecule has 0 aromatic carbocycles. The van der Waals surface area contributed by atoms with Gasteiger partial charge in [0.05, 0.1) is 0 Å². The van der Waals surface area contributed by atoms with Gasteiger partial charge in [-0.15, -0.1) is 0 Å². The van der Waals surface area contributed by atoms with E-state index in [9.17, 15) is 0 Å². The maximum Gasteiger partial charge on any atom is 0.255 e. The molecule has 0 fully saturated rings. The van der Waals surface area contributed by atoms with E-state index in [1.165, 1.54) is 6.33 Å². The van der Waals surface area contributed by atoms with Gasteiger partial charge in [0.2, 0.25) is 0 Å². The number of nitrogens with one attached hydrogen (secondary N) is 2. The summed E-state index contributed by atoms with van der Waals surface area (Å²) >= 11 is 6.08. The predicted molar refractivity (Wildman–Crippen MR) is 71.3 cm³/mol. The Labute approximate surface area is 114 Å². The topological polar surface area (TPSA) is 83.8 Å². The van der Waals surface area contributed by atoms with Gasteiger partial charge in [-0.1, -0.05) is 11.6 Å². The van der Waals surface area contributed by atoms with Crippen LogP contribution in [0.1, 0.15) is 11.4 Å². The molecule has 0 saturated carbocycles. The molecule has 19 heavy (non-hydrogen) atoms. The van der Waals surface area contributed by atoms with Gasteiger partial charge in [-0.3, -0.25) is 0 Å². The lowest BCUT2D eigenvalue weighted by Gasteiger charge is -2.10.